The van der Waals surface area contributed by atoms with Crippen LogP contribution >= 0.6 is 11.6 Å². The zero-order valence-electron chi connectivity index (χ0n) is 23.8. The van der Waals surface area contributed by atoms with Crippen molar-refractivity contribution in [3.8, 4) is 5.75 Å². The lowest BCUT2D eigenvalue weighted by Crippen LogP contribution is -2.53. The molecule has 41 heavy (non-hydrogen) atoms. The number of halogens is 1. The predicted octanol–water partition coefficient (Wildman–Crippen LogP) is 5.31. The molecule has 2 amide bonds. The van der Waals surface area contributed by atoms with Gasteiger partial charge in [-0.1, -0.05) is 55.8 Å². The molecule has 220 valence electrons. The molecule has 0 aliphatic rings. The maximum atomic E-state index is 14.0. The molecule has 0 radical (unpaired) electrons. The number of rotatable bonds is 15. The number of anilines is 1. The van der Waals surface area contributed by atoms with Gasteiger partial charge in [0.25, 0.3) is 10.0 Å². The van der Waals surface area contributed by atoms with E-state index >= 15 is 0 Å². The maximum Gasteiger partial charge on any atom is 0.264 e. The highest BCUT2D eigenvalue weighted by molar-refractivity contribution is 7.92. The number of hydrogen-bond acceptors (Lipinski definition) is 5. The minimum atomic E-state index is -4.17. The van der Waals surface area contributed by atoms with E-state index in [4.69, 9.17) is 16.3 Å². The van der Waals surface area contributed by atoms with Crippen LogP contribution in [-0.4, -0.2) is 57.4 Å². The summed E-state index contributed by atoms with van der Waals surface area (Å²) in [5.41, 5.74) is 1.30. The van der Waals surface area contributed by atoms with Gasteiger partial charge in [-0.2, -0.15) is 0 Å². The fourth-order valence-corrected chi connectivity index (χ4v) is 5.94. The molecule has 0 aliphatic carbocycles. The van der Waals surface area contributed by atoms with Gasteiger partial charge >= 0.3 is 0 Å². The van der Waals surface area contributed by atoms with Crippen molar-refractivity contribution in [2.45, 2.75) is 51.0 Å². The number of sulfonamides is 1. The van der Waals surface area contributed by atoms with Crippen LogP contribution in [0.15, 0.2) is 83.8 Å². The van der Waals surface area contributed by atoms with E-state index in [1.54, 1.807) is 24.3 Å². The molecular weight excluding hydrogens is 562 g/mol. The summed E-state index contributed by atoms with van der Waals surface area (Å²) in [4.78, 5) is 28.6. The largest absolute Gasteiger partial charge is 0.494 e. The van der Waals surface area contributed by atoms with E-state index < -0.39 is 28.5 Å². The van der Waals surface area contributed by atoms with E-state index in [1.165, 1.54) is 29.2 Å². The van der Waals surface area contributed by atoms with Crippen molar-refractivity contribution in [3.05, 3.63) is 89.4 Å². The van der Waals surface area contributed by atoms with Crippen molar-refractivity contribution in [1.82, 2.24) is 10.2 Å². The summed E-state index contributed by atoms with van der Waals surface area (Å²) < 4.78 is 34.4. The van der Waals surface area contributed by atoms with Crippen LogP contribution in [0.2, 0.25) is 5.02 Å². The highest BCUT2D eigenvalue weighted by Gasteiger charge is 2.33. The molecule has 1 atom stereocenters. The van der Waals surface area contributed by atoms with Crippen molar-refractivity contribution >= 4 is 39.1 Å². The lowest BCUT2D eigenvalue weighted by molar-refractivity contribution is -0.139. The van der Waals surface area contributed by atoms with Crippen LogP contribution in [0.4, 0.5) is 5.69 Å². The second-order valence-corrected chi connectivity index (χ2v) is 11.7. The van der Waals surface area contributed by atoms with Gasteiger partial charge in [0, 0.05) is 18.1 Å². The number of benzene rings is 3. The minimum absolute atomic E-state index is 0.00727. The highest BCUT2D eigenvalue weighted by Crippen LogP contribution is 2.27. The first kappa shape index (κ1) is 32.0. The number of hydrogen-bond donors (Lipinski definition) is 1. The van der Waals surface area contributed by atoms with Crippen molar-refractivity contribution in [1.29, 1.82) is 0 Å². The average molecular weight is 600 g/mol. The van der Waals surface area contributed by atoms with Crippen LogP contribution in [0, 0.1) is 0 Å². The van der Waals surface area contributed by atoms with E-state index in [0.29, 0.717) is 42.5 Å². The smallest absolute Gasteiger partial charge is 0.264 e. The Kier molecular flexibility index (Phi) is 12.0. The van der Waals surface area contributed by atoms with Crippen molar-refractivity contribution in [2.24, 2.45) is 0 Å². The van der Waals surface area contributed by atoms with Gasteiger partial charge in [-0.25, -0.2) is 8.42 Å². The molecule has 0 heterocycles. The molecule has 3 aromatic carbocycles. The minimum Gasteiger partial charge on any atom is -0.494 e. The highest BCUT2D eigenvalue weighted by atomic mass is 35.5. The van der Waals surface area contributed by atoms with Crippen LogP contribution in [0.25, 0.3) is 0 Å². The topological polar surface area (TPSA) is 96.0 Å². The Bertz CT molecular complexity index is 1370. The van der Waals surface area contributed by atoms with Crippen molar-refractivity contribution in [3.63, 3.8) is 0 Å². The summed E-state index contributed by atoms with van der Waals surface area (Å²) >= 11 is 6.01. The van der Waals surface area contributed by atoms with Crippen LogP contribution < -0.4 is 14.4 Å². The predicted molar refractivity (Wildman–Crippen MR) is 163 cm³/mol. The molecule has 0 saturated heterocycles. The van der Waals surface area contributed by atoms with E-state index in [9.17, 15) is 18.0 Å². The van der Waals surface area contributed by atoms with Gasteiger partial charge in [-0.05, 0) is 80.3 Å². The van der Waals surface area contributed by atoms with Crippen LogP contribution in [0.3, 0.4) is 0 Å². The SMILES string of the molecule is CCCNC(=O)[C@H](CC)N(CCc1ccccc1)C(=O)CN(c1ccc(OCC)cc1)S(=O)(=O)c1ccc(Cl)cc1. The third kappa shape index (κ3) is 8.71. The number of ether oxygens (including phenoxy) is 1. The van der Waals surface area contributed by atoms with Gasteiger partial charge < -0.3 is 15.0 Å². The van der Waals surface area contributed by atoms with Gasteiger partial charge in [-0.15, -0.1) is 0 Å². The average Bonchev–Trinajstić information content (AvgIpc) is 2.98. The van der Waals surface area contributed by atoms with Gasteiger partial charge in [0.15, 0.2) is 0 Å². The summed E-state index contributed by atoms with van der Waals surface area (Å²) in [5.74, 6) is -0.163. The number of amides is 2. The van der Waals surface area contributed by atoms with Crippen LogP contribution in [-0.2, 0) is 26.0 Å². The van der Waals surface area contributed by atoms with Gasteiger partial charge in [-0.3, -0.25) is 13.9 Å². The molecule has 0 aromatic heterocycles. The monoisotopic (exact) mass is 599 g/mol. The number of carbonyl (C=O) groups is 2. The fraction of sp³-hybridized carbons (Fsp3) is 0.355. The number of nitrogens with one attached hydrogen (secondary N) is 1. The third-order valence-electron chi connectivity index (χ3n) is 6.54. The molecule has 3 aromatic rings. The summed E-state index contributed by atoms with van der Waals surface area (Å²) in [6.07, 6.45) is 1.64. The summed E-state index contributed by atoms with van der Waals surface area (Å²) in [5, 5.41) is 3.28. The lowest BCUT2D eigenvalue weighted by Gasteiger charge is -2.33. The first-order valence-corrected chi connectivity index (χ1v) is 15.6. The van der Waals surface area contributed by atoms with E-state index in [1.807, 2.05) is 51.1 Å². The summed E-state index contributed by atoms with van der Waals surface area (Å²) in [7, 11) is -4.17. The zero-order valence-corrected chi connectivity index (χ0v) is 25.3. The van der Waals surface area contributed by atoms with E-state index in [2.05, 4.69) is 5.32 Å². The second-order valence-electron chi connectivity index (χ2n) is 9.43. The molecule has 0 fully saturated rings. The molecular formula is C31H38ClN3O5S. The quantitative estimate of drug-likeness (QED) is 0.255. The van der Waals surface area contributed by atoms with Gasteiger partial charge in [0.2, 0.25) is 11.8 Å². The van der Waals surface area contributed by atoms with E-state index in [-0.39, 0.29) is 17.3 Å². The standard InChI is InChI=1S/C31H38ClN3O5S/c1-4-21-33-31(37)29(5-2)34(22-20-24-10-8-7-9-11-24)30(36)23-35(26-14-16-27(17-15-26)40-6-3)41(38,39)28-18-12-25(32)13-19-28/h7-19,29H,4-6,20-23H2,1-3H3,(H,33,37)/t29-/m0/s1. The molecule has 0 unspecified atom stereocenters. The Morgan fingerprint density at radius 1 is 0.927 bits per heavy atom. The zero-order chi connectivity index (χ0) is 29.8. The molecule has 10 heteroatoms. The maximum absolute atomic E-state index is 14.0. The summed E-state index contributed by atoms with van der Waals surface area (Å²) in [6.45, 7) is 6.35. The van der Waals surface area contributed by atoms with Crippen molar-refractivity contribution < 1.29 is 22.7 Å². The second kappa shape index (κ2) is 15.4. The lowest BCUT2D eigenvalue weighted by atomic mass is 10.1. The van der Waals surface area contributed by atoms with Gasteiger partial charge in [0.05, 0.1) is 17.2 Å². The molecule has 0 aliphatic heterocycles. The molecule has 1 N–H and O–H groups in total. The van der Waals surface area contributed by atoms with Crippen molar-refractivity contribution in [2.75, 3.05) is 30.5 Å². The fourth-order valence-electron chi connectivity index (χ4n) is 4.40. The van der Waals surface area contributed by atoms with Gasteiger partial charge in [0.1, 0.15) is 18.3 Å². The Morgan fingerprint density at radius 3 is 2.17 bits per heavy atom. The Morgan fingerprint density at radius 2 is 1.59 bits per heavy atom. The number of carbonyl (C=O) groups excluding carboxylic acids is 2. The molecule has 0 spiro atoms. The van der Waals surface area contributed by atoms with E-state index in [0.717, 1.165) is 16.3 Å². The van der Waals surface area contributed by atoms with Crippen LogP contribution in [0.5, 0.6) is 5.75 Å². The Balaban J connectivity index is 2.00. The molecule has 3 rings (SSSR count). The molecule has 0 bridgehead atoms. The molecule has 8 nitrogen and oxygen atoms in total. The molecule has 0 saturated carbocycles. The first-order chi connectivity index (χ1) is 19.7. The third-order valence-corrected chi connectivity index (χ3v) is 8.58. The Labute approximate surface area is 248 Å². The summed E-state index contributed by atoms with van der Waals surface area (Å²) in [6, 6.07) is 21.2. The first-order valence-electron chi connectivity index (χ1n) is 13.8. The Hall–Kier alpha value is -3.56. The normalized spacial score (nSPS) is 11.9. The van der Waals surface area contributed by atoms with Crippen LogP contribution in [0.1, 0.15) is 39.2 Å². The number of nitrogens with zero attached hydrogens (tertiary/aromatic N) is 2.